The van der Waals surface area contributed by atoms with Crippen LogP contribution in [0.15, 0.2) is 0 Å². The van der Waals surface area contributed by atoms with Crippen molar-refractivity contribution in [1.29, 1.82) is 0 Å². The molecule has 18 heavy (non-hydrogen) atoms. The molecule has 0 radical (unpaired) electrons. The summed E-state index contributed by atoms with van der Waals surface area (Å²) in [6.45, 7) is 8.85. The average Bonchev–Trinajstić information content (AvgIpc) is 2.39. The highest BCUT2D eigenvalue weighted by atomic mass is 16.5. The summed E-state index contributed by atoms with van der Waals surface area (Å²) in [6.07, 6.45) is 7.99. The highest BCUT2D eigenvalue weighted by molar-refractivity contribution is 4.67. The van der Waals surface area contributed by atoms with Gasteiger partial charge < -0.3 is 15.0 Å². The number of likely N-dealkylation sites (N-methyl/N-ethyl adjacent to an activating group) is 1. The SMILES string of the molecule is CCCCCCNCCN(C)CC1CCCOC1. The summed E-state index contributed by atoms with van der Waals surface area (Å²) in [4.78, 5) is 2.44. The van der Waals surface area contributed by atoms with Gasteiger partial charge in [-0.15, -0.1) is 0 Å². The molecule has 1 aliphatic heterocycles. The molecule has 0 aromatic heterocycles. The summed E-state index contributed by atoms with van der Waals surface area (Å²) in [7, 11) is 2.23. The molecule has 1 unspecified atom stereocenters. The van der Waals surface area contributed by atoms with Crippen LogP contribution in [0.2, 0.25) is 0 Å². The molecule has 1 rings (SSSR count). The van der Waals surface area contributed by atoms with Crippen LogP contribution in [0.4, 0.5) is 0 Å². The topological polar surface area (TPSA) is 24.5 Å². The van der Waals surface area contributed by atoms with Crippen LogP contribution in [-0.2, 0) is 4.74 Å². The van der Waals surface area contributed by atoms with Gasteiger partial charge in [-0.2, -0.15) is 0 Å². The van der Waals surface area contributed by atoms with Crippen molar-refractivity contribution >= 4 is 0 Å². The fourth-order valence-electron chi connectivity index (χ4n) is 2.56. The molecular formula is C15H32N2O. The quantitative estimate of drug-likeness (QED) is 0.608. The van der Waals surface area contributed by atoms with Gasteiger partial charge in [0.1, 0.15) is 0 Å². The van der Waals surface area contributed by atoms with E-state index in [0.29, 0.717) is 0 Å². The van der Waals surface area contributed by atoms with E-state index < -0.39 is 0 Å². The molecule has 1 heterocycles. The molecule has 1 fully saturated rings. The first-order valence-electron chi connectivity index (χ1n) is 7.80. The van der Waals surface area contributed by atoms with Crippen molar-refractivity contribution in [3.05, 3.63) is 0 Å². The minimum absolute atomic E-state index is 0.758. The van der Waals surface area contributed by atoms with Crippen LogP contribution in [0.25, 0.3) is 0 Å². The summed E-state index contributed by atoms with van der Waals surface area (Å²) in [5, 5.41) is 3.54. The maximum atomic E-state index is 5.52. The van der Waals surface area contributed by atoms with Crippen molar-refractivity contribution in [2.45, 2.75) is 45.4 Å². The second kappa shape index (κ2) is 10.8. The minimum Gasteiger partial charge on any atom is -0.381 e. The van der Waals surface area contributed by atoms with Gasteiger partial charge in [0.2, 0.25) is 0 Å². The third-order valence-corrected chi connectivity index (χ3v) is 3.70. The fraction of sp³-hybridized carbons (Fsp3) is 1.00. The van der Waals surface area contributed by atoms with E-state index in [1.807, 2.05) is 0 Å². The van der Waals surface area contributed by atoms with E-state index in [9.17, 15) is 0 Å². The number of hydrogen-bond donors (Lipinski definition) is 1. The lowest BCUT2D eigenvalue weighted by Crippen LogP contribution is -2.35. The van der Waals surface area contributed by atoms with Crippen LogP contribution in [0, 0.1) is 5.92 Å². The summed E-state index contributed by atoms with van der Waals surface area (Å²) < 4.78 is 5.52. The zero-order valence-electron chi connectivity index (χ0n) is 12.4. The Kier molecular flexibility index (Phi) is 9.54. The van der Waals surface area contributed by atoms with Crippen LogP contribution in [0.3, 0.4) is 0 Å². The van der Waals surface area contributed by atoms with Gasteiger partial charge in [0.05, 0.1) is 6.61 Å². The molecule has 0 spiro atoms. The molecule has 1 saturated heterocycles. The standard InChI is InChI=1S/C15H32N2O/c1-3-4-5-6-9-16-10-11-17(2)13-15-8-7-12-18-14-15/h15-16H,3-14H2,1-2H3. The lowest BCUT2D eigenvalue weighted by atomic mass is 10.0. The van der Waals surface area contributed by atoms with E-state index in [2.05, 4.69) is 24.2 Å². The first kappa shape index (κ1) is 15.9. The Morgan fingerprint density at radius 2 is 2.11 bits per heavy atom. The number of ether oxygens (including phenoxy) is 1. The highest BCUT2D eigenvalue weighted by Gasteiger charge is 2.15. The molecule has 1 N–H and O–H groups in total. The highest BCUT2D eigenvalue weighted by Crippen LogP contribution is 2.13. The van der Waals surface area contributed by atoms with E-state index in [1.54, 1.807) is 0 Å². The predicted octanol–water partition coefficient (Wildman–Crippen LogP) is 2.51. The smallest absolute Gasteiger partial charge is 0.0506 e. The van der Waals surface area contributed by atoms with Crippen molar-refractivity contribution in [3.63, 3.8) is 0 Å². The monoisotopic (exact) mass is 256 g/mol. The Morgan fingerprint density at radius 3 is 2.83 bits per heavy atom. The van der Waals surface area contributed by atoms with E-state index >= 15 is 0 Å². The van der Waals surface area contributed by atoms with Gasteiger partial charge in [0.25, 0.3) is 0 Å². The lowest BCUT2D eigenvalue weighted by Gasteiger charge is -2.27. The van der Waals surface area contributed by atoms with Gasteiger partial charge in [0.15, 0.2) is 0 Å². The van der Waals surface area contributed by atoms with Gasteiger partial charge in [-0.25, -0.2) is 0 Å². The zero-order chi connectivity index (χ0) is 13.1. The molecular weight excluding hydrogens is 224 g/mol. The maximum Gasteiger partial charge on any atom is 0.0506 e. The molecule has 0 aliphatic carbocycles. The molecule has 0 aromatic carbocycles. The van der Waals surface area contributed by atoms with Gasteiger partial charge in [-0.1, -0.05) is 26.2 Å². The molecule has 108 valence electrons. The third-order valence-electron chi connectivity index (χ3n) is 3.70. The third kappa shape index (κ3) is 8.06. The maximum absolute atomic E-state index is 5.52. The number of nitrogens with zero attached hydrogens (tertiary/aromatic N) is 1. The first-order valence-corrected chi connectivity index (χ1v) is 7.80. The van der Waals surface area contributed by atoms with Crippen LogP contribution >= 0.6 is 0 Å². The van der Waals surface area contributed by atoms with Crippen molar-refractivity contribution in [2.75, 3.05) is 46.4 Å². The molecule has 3 heteroatoms. The molecule has 3 nitrogen and oxygen atoms in total. The fourth-order valence-corrected chi connectivity index (χ4v) is 2.56. The van der Waals surface area contributed by atoms with E-state index in [4.69, 9.17) is 4.74 Å². The molecule has 1 aliphatic rings. The van der Waals surface area contributed by atoms with E-state index in [1.165, 1.54) is 51.6 Å². The van der Waals surface area contributed by atoms with Crippen LogP contribution in [0.1, 0.15) is 45.4 Å². The van der Waals surface area contributed by atoms with Crippen molar-refractivity contribution < 1.29 is 4.74 Å². The predicted molar refractivity (Wildman–Crippen MR) is 78.1 cm³/mol. The number of nitrogens with one attached hydrogen (secondary N) is 1. The Balaban J connectivity index is 1.88. The van der Waals surface area contributed by atoms with Crippen LogP contribution in [0.5, 0.6) is 0 Å². The van der Waals surface area contributed by atoms with Crippen molar-refractivity contribution in [2.24, 2.45) is 5.92 Å². The van der Waals surface area contributed by atoms with Crippen LogP contribution in [-0.4, -0.2) is 51.3 Å². The minimum atomic E-state index is 0.758. The lowest BCUT2D eigenvalue weighted by molar-refractivity contribution is 0.0422. The average molecular weight is 256 g/mol. The zero-order valence-corrected chi connectivity index (χ0v) is 12.4. The summed E-state index contributed by atoms with van der Waals surface area (Å²) in [5.74, 6) is 0.758. The molecule has 0 saturated carbocycles. The first-order chi connectivity index (χ1) is 8.83. The Bertz CT molecular complexity index is 181. The Morgan fingerprint density at radius 1 is 1.22 bits per heavy atom. The molecule has 0 amide bonds. The number of unbranched alkanes of at least 4 members (excludes halogenated alkanes) is 3. The van der Waals surface area contributed by atoms with Crippen molar-refractivity contribution in [3.8, 4) is 0 Å². The normalized spacial score (nSPS) is 20.5. The van der Waals surface area contributed by atoms with Gasteiger partial charge in [0, 0.05) is 26.2 Å². The summed E-state index contributed by atoms with van der Waals surface area (Å²) in [6, 6.07) is 0. The number of hydrogen-bond acceptors (Lipinski definition) is 3. The molecule has 0 bridgehead atoms. The van der Waals surface area contributed by atoms with E-state index in [0.717, 1.165) is 32.2 Å². The Hall–Kier alpha value is -0.120. The molecule has 0 aromatic rings. The molecule has 1 atom stereocenters. The Labute approximate surface area is 113 Å². The van der Waals surface area contributed by atoms with E-state index in [-0.39, 0.29) is 0 Å². The number of rotatable bonds is 10. The second-order valence-corrected chi connectivity index (χ2v) is 5.66. The van der Waals surface area contributed by atoms with Crippen LogP contribution < -0.4 is 5.32 Å². The largest absolute Gasteiger partial charge is 0.381 e. The van der Waals surface area contributed by atoms with Gasteiger partial charge in [-0.05, 0) is 38.8 Å². The van der Waals surface area contributed by atoms with Crippen molar-refractivity contribution in [1.82, 2.24) is 10.2 Å². The summed E-state index contributed by atoms with van der Waals surface area (Å²) >= 11 is 0. The summed E-state index contributed by atoms with van der Waals surface area (Å²) in [5.41, 5.74) is 0. The van der Waals surface area contributed by atoms with Gasteiger partial charge >= 0.3 is 0 Å². The second-order valence-electron chi connectivity index (χ2n) is 5.66. The van der Waals surface area contributed by atoms with Gasteiger partial charge in [-0.3, -0.25) is 0 Å².